The first kappa shape index (κ1) is 18.8. The van der Waals surface area contributed by atoms with Gasteiger partial charge in [-0.1, -0.05) is 109 Å². The predicted molar refractivity (Wildman–Crippen MR) is 154 cm³/mol. The number of hydrogen-bond acceptors (Lipinski definition) is 1. The summed E-state index contributed by atoms with van der Waals surface area (Å²) in [5.74, 6) is 0. The monoisotopic (exact) mass is 454 g/mol. The molecular weight excluding hydrogens is 434 g/mol. The number of hydrogen-bond donors (Lipinski definition) is 0. The van der Waals surface area contributed by atoms with Crippen molar-refractivity contribution in [3.63, 3.8) is 0 Å². The van der Waals surface area contributed by atoms with Crippen molar-refractivity contribution in [3.8, 4) is 5.69 Å². The van der Waals surface area contributed by atoms with E-state index in [0.717, 1.165) is 0 Å². The van der Waals surface area contributed by atoms with Crippen LogP contribution in [0.3, 0.4) is 0 Å². The number of rotatable bonds is 1. The van der Waals surface area contributed by atoms with Crippen molar-refractivity contribution in [3.05, 3.63) is 121 Å². The molecule has 4 heteroatoms. The zero-order chi connectivity index (χ0) is 23.4. The fraction of sp³-hybridized carbons (Fsp3) is 0. The normalized spacial score (nSPS) is 13.9. The van der Waals surface area contributed by atoms with Crippen LogP contribution in [-0.2, 0) is 0 Å². The van der Waals surface area contributed by atoms with Gasteiger partial charge >= 0.3 is 0 Å². The summed E-state index contributed by atoms with van der Waals surface area (Å²) in [5, 5.41) is 1.32. The summed E-state index contributed by atoms with van der Waals surface area (Å²) in [4.78, 5) is 2.58. The fourth-order valence-electron chi connectivity index (χ4n) is 7.16. The minimum atomic E-state index is 0.208. The second-order valence-electron chi connectivity index (χ2n) is 10.1. The molecule has 0 unspecified atom stereocenters. The third kappa shape index (κ3) is 2.13. The summed E-state index contributed by atoms with van der Waals surface area (Å²) in [5.41, 5.74) is 14.9. The van der Waals surface area contributed by atoms with E-state index in [-0.39, 0.29) is 13.4 Å². The van der Waals surface area contributed by atoms with Crippen LogP contribution >= 0.6 is 0 Å². The van der Waals surface area contributed by atoms with E-state index in [1.807, 2.05) is 0 Å². The van der Waals surface area contributed by atoms with E-state index in [9.17, 15) is 0 Å². The van der Waals surface area contributed by atoms with Crippen LogP contribution in [0.15, 0.2) is 121 Å². The first-order valence-corrected chi connectivity index (χ1v) is 12.7. The molecule has 1 aromatic heterocycles. The average Bonchev–Trinajstić information content (AvgIpc) is 3.46. The van der Waals surface area contributed by atoms with Gasteiger partial charge in [-0.05, 0) is 40.1 Å². The Morgan fingerprint density at radius 3 is 1.89 bits per heavy atom. The highest BCUT2D eigenvalue weighted by Crippen LogP contribution is 2.43. The SMILES string of the molecule is c1ccc(B2c3ccccc3N3c4c2cccc4B2c4ccccc4-n4c2c3c2ccccc24)cc1. The molecule has 0 amide bonds. The fourth-order valence-corrected chi connectivity index (χ4v) is 7.16. The number of anilines is 3. The summed E-state index contributed by atoms with van der Waals surface area (Å²) in [6, 6.07) is 44.9. The predicted octanol–water partition coefficient (Wildman–Crippen LogP) is 3.07. The van der Waals surface area contributed by atoms with E-state index in [4.69, 9.17) is 0 Å². The molecule has 5 aromatic carbocycles. The summed E-state index contributed by atoms with van der Waals surface area (Å²) >= 11 is 0. The molecule has 9 rings (SSSR count). The van der Waals surface area contributed by atoms with Gasteiger partial charge in [0, 0.05) is 28.0 Å². The maximum Gasteiger partial charge on any atom is 0.270 e. The number of benzene rings is 5. The quantitative estimate of drug-likeness (QED) is 0.347. The molecule has 0 spiro atoms. The van der Waals surface area contributed by atoms with Crippen LogP contribution in [0.1, 0.15) is 0 Å². The first-order chi connectivity index (χ1) is 17.9. The maximum atomic E-state index is 2.58. The van der Waals surface area contributed by atoms with E-state index < -0.39 is 0 Å². The van der Waals surface area contributed by atoms with Crippen molar-refractivity contribution < 1.29 is 0 Å². The minimum absolute atomic E-state index is 0.208. The van der Waals surface area contributed by atoms with Gasteiger partial charge in [-0.15, -0.1) is 0 Å². The Hall–Kier alpha value is -4.43. The average molecular weight is 454 g/mol. The number of fused-ring (bicyclic) bond motifs is 10. The van der Waals surface area contributed by atoms with Crippen molar-refractivity contribution in [1.29, 1.82) is 0 Å². The summed E-state index contributed by atoms with van der Waals surface area (Å²) in [7, 11) is 0. The van der Waals surface area contributed by atoms with Gasteiger partial charge in [-0.3, -0.25) is 0 Å². The number of para-hydroxylation sites is 4. The highest BCUT2D eigenvalue weighted by molar-refractivity contribution is 7.03. The molecule has 3 aliphatic heterocycles. The van der Waals surface area contributed by atoms with Crippen LogP contribution in [0, 0.1) is 0 Å². The van der Waals surface area contributed by atoms with Gasteiger partial charge in [-0.25, -0.2) is 0 Å². The smallest absolute Gasteiger partial charge is 0.270 e. The standard InChI is InChI=1S/C32H20B2N2/c1-2-11-21(12-3-1)33-23-14-5-9-20-29(23)36-30-22-13-4-7-18-27(22)35-28-19-8-6-15-24(28)34(32(30)35)26-17-10-16-25(33)31(26)36/h1-20H. The second-order valence-corrected chi connectivity index (χ2v) is 10.1. The van der Waals surface area contributed by atoms with Gasteiger partial charge in [0.1, 0.15) is 0 Å². The Kier molecular flexibility index (Phi) is 3.46. The van der Waals surface area contributed by atoms with Crippen molar-refractivity contribution in [1.82, 2.24) is 4.57 Å². The third-order valence-electron chi connectivity index (χ3n) is 8.43. The van der Waals surface area contributed by atoms with Gasteiger partial charge in [0.15, 0.2) is 0 Å². The third-order valence-corrected chi connectivity index (χ3v) is 8.43. The molecule has 0 saturated heterocycles. The van der Waals surface area contributed by atoms with Crippen molar-refractivity contribution >= 4 is 74.3 Å². The van der Waals surface area contributed by atoms with Crippen molar-refractivity contribution in [2.45, 2.75) is 0 Å². The Morgan fingerprint density at radius 1 is 0.444 bits per heavy atom. The summed E-state index contributed by atoms with van der Waals surface area (Å²) in [6.07, 6.45) is 0. The van der Waals surface area contributed by atoms with Gasteiger partial charge in [0.05, 0.1) is 11.2 Å². The van der Waals surface area contributed by atoms with E-state index in [2.05, 4.69) is 131 Å². The Balaban J connectivity index is 1.47. The summed E-state index contributed by atoms with van der Waals surface area (Å²) in [6.45, 7) is 0.441. The van der Waals surface area contributed by atoms with E-state index in [1.54, 1.807) is 0 Å². The highest BCUT2D eigenvalue weighted by Gasteiger charge is 2.48. The zero-order valence-corrected chi connectivity index (χ0v) is 19.6. The molecule has 0 N–H and O–H groups in total. The van der Waals surface area contributed by atoms with Crippen LogP contribution in [0.5, 0.6) is 0 Å². The molecule has 0 atom stereocenters. The van der Waals surface area contributed by atoms with Crippen molar-refractivity contribution in [2.24, 2.45) is 0 Å². The maximum absolute atomic E-state index is 2.58. The van der Waals surface area contributed by atoms with E-state index in [1.165, 1.54) is 66.6 Å². The number of nitrogens with zero attached hydrogens (tertiary/aromatic N) is 2. The molecule has 0 radical (unpaired) electrons. The van der Waals surface area contributed by atoms with Crippen LogP contribution < -0.4 is 37.8 Å². The molecule has 4 heterocycles. The lowest BCUT2D eigenvalue weighted by atomic mass is 9.31. The Morgan fingerprint density at radius 2 is 1.06 bits per heavy atom. The van der Waals surface area contributed by atoms with Crippen LogP contribution in [-0.4, -0.2) is 18.0 Å². The Bertz CT molecular complexity index is 1870. The molecule has 0 bridgehead atoms. The molecule has 0 saturated carbocycles. The largest absolute Gasteiger partial charge is 0.320 e. The number of aromatic nitrogens is 1. The van der Waals surface area contributed by atoms with Gasteiger partial charge in [0.2, 0.25) is 6.71 Å². The molecular formula is C32H20B2N2. The van der Waals surface area contributed by atoms with Crippen LogP contribution in [0.2, 0.25) is 0 Å². The van der Waals surface area contributed by atoms with Gasteiger partial charge in [-0.2, -0.15) is 0 Å². The topological polar surface area (TPSA) is 8.17 Å². The van der Waals surface area contributed by atoms with Gasteiger partial charge < -0.3 is 9.47 Å². The van der Waals surface area contributed by atoms with E-state index >= 15 is 0 Å². The molecule has 0 aliphatic carbocycles. The summed E-state index contributed by atoms with van der Waals surface area (Å²) < 4.78 is 2.52. The lowest BCUT2D eigenvalue weighted by Crippen LogP contribution is -2.64. The van der Waals surface area contributed by atoms with E-state index in [0.29, 0.717) is 0 Å². The molecule has 2 nitrogen and oxygen atoms in total. The lowest BCUT2D eigenvalue weighted by molar-refractivity contribution is 1.19. The van der Waals surface area contributed by atoms with Crippen LogP contribution in [0.25, 0.3) is 16.6 Å². The van der Waals surface area contributed by atoms with Crippen molar-refractivity contribution in [2.75, 3.05) is 4.90 Å². The minimum Gasteiger partial charge on any atom is -0.320 e. The molecule has 3 aliphatic rings. The Labute approximate surface area is 210 Å². The lowest BCUT2D eigenvalue weighted by Gasteiger charge is -2.42. The molecule has 6 aromatic rings. The highest BCUT2D eigenvalue weighted by atomic mass is 15.2. The van der Waals surface area contributed by atoms with Gasteiger partial charge in [0.25, 0.3) is 6.71 Å². The van der Waals surface area contributed by atoms with Crippen LogP contribution in [0.4, 0.5) is 17.1 Å². The molecule has 0 fully saturated rings. The molecule has 164 valence electrons. The zero-order valence-electron chi connectivity index (χ0n) is 19.6. The first-order valence-electron chi connectivity index (χ1n) is 12.7. The second kappa shape index (κ2) is 6.61. The molecule has 36 heavy (non-hydrogen) atoms.